The lowest BCUT2D eigenvalue weighted by atomic mass is 9.75. The summed E-state index contributed by atoms with van der Waals surface area (Å²) >= 11 is 12.2. The summed E-state index contributed by atoms with van der Waals surface area (Å²) in [5, 5.41) is 26.6. The quantitative estimate of drug-likeness (QED) is 0.316. The molecule has 1 aromatic heterocycles. The topological polar surface area (TPSA) is 104 Å². The largest absolute Gasteiger partial charge is 0.490 e. The highest BCUT2D eigenvalue weighted by atomic mass is 35.5. The molecule has 36 heavy (non-hydrogen) atoms. The smallest absolute Gasteiger partial charge is 0.424 e. The maximum atomic E-state index is 14.5. The molecule has 4 N–H and O–H groups in total. The van der Waals surface area contributed by atoms with Gasteiger partial charge in [-0.05, 0) is 36.4 Å². The van der Waals surface area contributed by atoms with E-state index in [2.05, 4.69) is 6.58 Å². The van der Waals surface area contributed by atoms with E-state index < -0.39 is 40.9 Å². The minimum atomic E-state index is -5.47. The third-order valence-electron chi connectivity index (χ3n) is 5.74. The van der Waals surface area contributed by atoms with Crippen molar-refractivity contribution >= 4 is 29.2 Å². The van der Waals surface area contributed by atoms with Gasteiger partial charge in [-0.3, -0.25) is 0 Å². The summed E-state index contributed by atoms with van der Waals surface area (Å²) in [6.07, 6.45) is -4.00. The van der Waals surface area contributed by atoms with E-state index >= 15 is 0 Å². The van der Waals surface area contributed by atoms with Gasteiger partial charge in [0, 0.05) is 11.1 Å². The summed E-state index contributed by atoms with van der Waals surface area (Å²) in [6, 6.07) is 8.36. The van der Waals surface area contributed by atoms with E-state index in [4.69, 9.17) is 32.4 Å². The van der Waals surface area contributed by atoms with E-state index in [1.807, 2.05) is 10.6 Å². The molecule has 1 aliphatic heterocycles. The number of hydrogen-bond acceptors (Lipinski definition) is 5. The Labute approximate surface area is 213 Å². The zero-order valence-electron chi connectivity index (χ0n) is 18.3. The zero-order valence-corrected chi connectivity index (χ0v) is 19.8. The van der Waals surface area contributed by atoms with Crippen LogP contribution in [0.15, 0.2) is 71.7 Å². The molecule has 0 radical (unpaired) electrons. The fourth-order valence-corrected chi connectivity index (χ4v) is 4.37. The summed E-state index contributed by atoms with van der Waals surface area (Å²) in [7, 11) is 0. The molecule has 0 bridgehead atoms. The first kappa shape index (κ1) is 25.9. The number of halogens is 5. The lowest BCUT2D eigenvalue weighted by Gasteiger charge is -2.51. The Morgan fingerprint density at radius 2 is 1.81 bits per heavy atom. The number of carbonyl (C=O) groups is 1. The summed E-state index contributed by atoms with van der Waals surface area (Å²) in [5.74, 6) is -0.189. The first-order valence-corrected chi connectivity index (χ1v) is 11.2. The summed E-state index contributed by atoms with van der Waals surface area (Å²) < 4.78 is 54.5. The Kier molecular flexibility index (Phi) is 6.74. The first-order valence-electron chi connectivity index (χ1n) is 10.4. The van der Waals surface area contributed by atoms with Crippen molar-refractivity contribution in [2.24, 2.45) is 0 Å². The molecule has 7 nitrogen and oxygen atoms in total. The van der Waals surface area contributed by atoms with Gasteiger partial charge in [0.05, 0.1) is 10.0 Å². The molecule has 2 amide bonds. The van der Waals surface area contributed by atoms with Crippen LogP contribution in [-0.4, -0.2) is 34.6 Å². The van der Waals surface area contributed by atoms with Crippen LogP contribution in [-0.2, 0) is 5.72 Å². The van der Waals surface area contributed by atoms with Crippen molar-refractivity contribution in [2.45, 2.75) is 23.5 Å². The van der Waals surface area contributed by atoms with Crippen LogP contribution >= 0.6 is 23.2 Å². The SMILES string of the molecule is C=CCOc1ccc([C@]2(O)NC(=O)N[C@@H](c3ccc(-c4cccc(Cl)c4Cl)o3)[C@@]2(O)C(F)(F)F)cc1. The predicted molar refractivity (Wildman–Crippen MR) is 126 cm³/mol. The van der Waals surface area contributed by atoms with Gasteiger partial charge in [0.15, 0.2) is 0 Å². The summed E-state index contributed by atoms with van der Waals surface area (Å²) in [4.78, 5) is 12.5. The summed E-state index contributed by atoms with van der Waals surface area (Å²) in [5.41, 5.74) is -7.46. The number of nitrogens with one attached hydrogen (secondary N) is 2. The highest BCUT2D eigenvalue weighted by Crippen LogP contribution is 2.52. The highest BCUT2D eigenvalue weighted by Gasteiger charge is 2.74. The van der Waals surface area contributed by atoms with Crippen molar-refractivity contribution in [1.82, 2.24) is 10.6 Å². The zero-order chi connectivity index (χ0) is 26.3. The van der Waals surface area contributed by atoms with Gasteiger partial charge in [-0.15, -0.1) is 0 Å². The van der Waals surface area contributed by atoms with Crippen molar-refractivity contribution in [3.8, 4) is 17.1 Å². The second kappa shape index (κ2) is 9.36. The Balaban J connectivity index is 1.81. The Bertz CT molecular complexity index is 1300. The van der Waals surface area contributed by atoms with Gasteiger partial charge < -0.3 is 30.0 Å². The van der Waals surface area contributed by atoms with Crippen molar-refractivity contribution in [2.75, 3.05) is 6.61 Å². The van der Waals surface area contributed by atoms with Crippen molar-refractivity contribution in [3.05, 3.63) is 88.6 Å². The number of amides is 2. The number of furan rings is 1. The van der Waals surface area contributed by atoms with Crippen LogP contribution in [0.1, 0.15) is 17.4 Å². The van der Waals surface area contributed by atoms with Crippen LogP contribution in [0.3, 0.4) is 0 Å². The van der Waals surface area contributed by atoms with E-state index in [1.54, 1.807) is 6.07 Å². The average Bonchev–Trinajstić information content (AvgIpc) is 3.31. The van der Waals surface area contributed by atoms with Gasteiger partial charge in [0.2, 0.25) is 11.3 Å². The van der Waals surface area contributed by atoms with E-state index in [9.17, 15) is 28.2 Å². The monoisotopic (exact) mass is 542 g/mol. The first-order chi connectivity index (χ1) is 16.9. The minimum absolute atomic E-state index is 0.0297. The third-order valence-corrected chi connectivity index (χ3v) is 6.56. The molecule has 2 heterocycles. The van der Waals surface area contributed by atoms with Crippen LogP contribution in [0.2, 0.25) is 10.0 Å². The molecule has 1 aliphatic rings. The molecule has 0 saturated carbocycles. The standard InChI is InChI=1S/C24H19Cl2F3N2O5/c1-2-12-35-14-8-6-13(7-9-14)23(34)22(33,24(27,28)29)20(30-21(32)31-23)18-11-10-17(36-18)15-4-3-5-16(25)19(15)26/h2-11,20,33-34H,1,12H2,(H2,30,31,32)/t20-,22-,23+/m0/s1. The van der Waals surface area contributed by atoms with Gasteiger partial charge in [-0.25, -0.2) is 4.79 Å². The Morgan fingerprint density at radius 1 is 1.11 bits per heavy atom. The second-order valence-electron chi connectivity index (χ2n) is 7.93. The van der Waals surface area contributed by atoms with Gasteiger partial charge in [-0.1, -0.05) is 54.1 Å². The molecule has 3 atom stereocenters. The van der Waals surface area contributed by atoms with Gasteiger partial charge in [0.1, 0.15) is 29.9 Å². The normalized spacial score (nSPS) is 24.1. The maximum Gasteiger partial charge on any atom is 0.424 e. The molecule has 12 heteroatoms. The van der Waals surface area contributed by atoms with Crippen LogP contribution in [0.4, 0.5) is 18.0 Å². The van der Waals surface area contributed by atoms with Gasteiger partial charge in [0.25, 0.3) is 0 Å². The van der Waals surface area contributed by atoms with Crippen LogP contribution in [0.5, 0.6) is 5.75 Å². The number of carbonyl (C=O) groups excluding carboxylic acids is 1. The van der Waals surface area contributed by atoms with Crippen LogP contribution in [0, 0.1) is 0 Å². The molecule has 0 aliphatic carbocycles. The number of rotatable bonds is 6. The summed E-state index contributed by atoms with van der Waals surface area (Å²) in [6.45, 7) is 3.63. The number of urea groups is 1. The number of ether oxygens (including phenoxy) is 1. The van der Waals surface area contributed by atoms with Gasteiger partial charge in [-0.2, -0.15) is 13.2 Å². The number of alkyl halides is 3. The van der Waals surface area contributed by atoms with E-state index in [1.165, 1.54) is 36.4 Å². The van der Waals surface area contributed by atoms with E-state index in [0.29, 0.717) is 0 Å². The molecular weight excluding hydrogens is 524 g/mol. The van der Waals surface area contributed by atoms with Gasteiger partial charge >= 0.3 is 12.2 Å². The van der Waals surface area contributed by atoms with Crippen molar-refractivity contribution < 1.29 is 37.3 Å². The molecule has 1 saturated heterocycles. The highest BCUT2D eigenvalue weighted by molar-refractivity contribution is 6.43. The molecule has 0 spiro atoms. The molecule has 0 unspecified atom stereocenters. The Hall–Kier alpha value is -3.18. The number of hydrogen-bond donors (Lipinski definition) is 4. The Morgan fingerprint density at radius 3 is 2.44 bits per heavy atom. The fraction of sp³-hybridized carbons (Fsp3) is 0.208. The lowest BCUT2D eigenvalue weighted by Crippen LogP contribution is -2.77. The third kappa shape index (κ3) is 4.20. The molecule has 2 aromatic carbocycles. The van der Waals surface area contributed by atoms with Crippen LogP contribution in [0.25, 0.3) is 11.3 Å². The van der Waals surface area contributed by atoms with Crippen LogP contribution < -0.4 is 15.4 Å². The fourth-order valence-electron chi connectivity index (χ4n) is 3.97. The number of benzene rings is 2. The lowest BCUT2D eigenvalue weighted by molar-refractivity contribution is -0.344. The average molecular weight is 543 g/mol. The van der Waals surface area contributed by atoms with E-state index in [0.717, 1.165) is 18.2 Å². The minimum Gasteiger partial charge on any atom is -0.490 e. The second-order valence-corrected chi connectivity index (χ2v) is 8.72. The predicted octanol–water partition coefficient (Wildman–Crippen LogP) is 5.31. The maximum absolute atomic E-state index is 14.5. The van der Waals surface area contributed by atoms with Crippen molar-refractivity contribution in [3.63, 3.8) is 0 Å². The van der Waals surface area contributed by atoms with Crippen molar-refractivity contribution in [1.29, 1.82) is 0 Å². The van der Waals surface area contributed by atoms with E-state index in [-0.39, 0.29) is 33.7 Å². The molecular formula is C24H19Cl2F3N2O5. The number of aliphatic hydroxyl groups is 2. The molecule has 3 aromatic rings. The molecule has 4 rings (SSSR count). The molecule has 190 valence electrons. The molecule has 1 fully saturated rings.